The number of rotatable bonds is 7. The van der Waals surface area contributed by atoms with Crippen molar-refractivity contribution in [3.8, 4) is 11.5 Å². The first-order chi connectivity index (χ1) is 11.0. The Morgan fingerprint density at radius 3 is 2.48 bits per heavy atom. The number of nitrogens with zero attached hydrogens (tertiary/aromatic N) is 1. The van der Waals surface area contributed by atoms with E-state index >= 15 is 0 Å². The molecule has 0 fully saturated rings. The number of nitro benzene ring substituents is 1. The van der Waals surface area contributed by atoms with Gasteiger partial charge >= 0.3 is 11.7 Å². The molecular formula is C16H15NO6. The number of hydrogen-bond acceptors (Lipinski definition) is 5. The third kappa shape index (κ3) is 4.19. The van der Waals surface area contributed by atoms with Gasteiger partial charge in [0.25, 0.3) is 0 Å². The number of carboxylic acids is 1. The Balaban J connectivity index is 2.07. The lowest BCUT2D eigenvalue weighted by Gasteiger charge is -2.08. The van der Waals surface area contributed by atoms with Crippen molar-refractivity contribution in [1.29, 1.82) is 0 Å². The van der Waals surface area contributed by atoms with Crippen molar-refractivity contribution in [3.05, 3.63) is 63.7 Å². The van der Waals surface area contributed by atoms with Gasteiger partial charge in [-0.3, -0.25) is 10.1 Å². The summed E-state index contributed by atoms with van der Waals surface area (Å²) in [5.41, 5.74) is 0.655. The van der Waals surface area contributed by atoms with Gasteiger partial charge in [0, 0.05) is 18.6 Å². The summed E-state index contributed by atoms with van der Waals surface area (Å²) in [5, 5.41) is 19.9. The highest BCUT2D eigenvalue weighted by Crippen LogP contribution is 2.28. The van der Waals surface area contributed by atoms with Gasteiger partial charge in [-0.15, -0.1) is 0 Å². The molecule has 2 rings (SSSR count). The molecule has 0 unspecified atom stereocenters. The Labute approximate surface area is 132 Å². The highest BCUT2D eigenvalue weighted by molar-refractivity contribution is 5.88. The second-order valence-electron chi connectivity index (χ2n) is 4.69. The number of hydrogen-bond donors (Lipinski definition) is 1. The first-order valence-electron chi connectivity index (χ1n) is 6.78. The van der Waals surface area contributed by atoms with Crippen LogP contribution >= 0.6 is 0 Å². The highest BCUT2D eigenvalue weighted by Gasteiger charge is 2.17. The summed E-state index contributed by atoms with van der Waals surface area (Å²) in [4.78, 5) is 21.3. The zero-order chi connectivity index (χ0) is 16.8. The molecular weight excluding hydrogens is 302 g/mol. The number of carbonyl (C=O) groups is 1. The fraction of sp³-hybridized carbons (Fsp3) is 0.188. The maximum absolute atomic E-state index is 11.0. The van der Waals surface area contributed by atoms with E-state index in [1.807, 2.05) is 24.3 Å². The maximum Gasteiger partial charge on any atom is 0.335 e. The molecule has 2 aromatic rings. The number of nitro groups is 1. The first-order valence-corrected chi connectivity index (χ1v) is 6.78. The molecule has 0 saturated carbocycles. The van der Waals surface area contributed by atoms with E-state index in [0.29, 0.717) is 6.42 Å². The van der Waals surface area contributed by atoms with Gasteiger partial charge in [-0.25, -0.2) is 4.79 Å². The predicted molar refractivity (Wildman–Crippen MR) is 82.2 cm³/mol. The zero-order valence-electron chi connectivity index (χ0n) is 12.4. The molecule has 0 atom stereocenters. The van der Waals surface area contributed by atoms with Crippen LogP contribution in [0.3, 0.4) is 0 Å². The van der Waals surface area contributed by atoms with Crippen LogP contribution in [0.15, 0.2) is 42.5 Å². The van der Waals surface area contributed by atoms with Gasteiger partial charge in [-0.2, -0.15) is 0 Å². The van der Waals surface area contributed by atoms with Crippen LogP contribution in [-0.2, 0) is 6.42 Å². The summed E-state index contributed by atoms with van der Waals surface area (Å²) in [6.07, 6.45) is 0.526. The summed E-state index contributed by atoms with van der Waals surface area (Å²) < 4.78 is 10.5. The molecule has 0 aromatic heterocycles. The topological polar surface area (TPSA) is 98.9 Å². The van der Waals surface area contributed by atoms with Crippen LogP contribution in [0.4, 0.5) is 5.69 Å². The molecule has 0 spiro atoms. The quantitative estimate of drug-likeness (QED) is 0.622. The van der Waals surface area contributed by atoms with E-state index in [0.717, 1.165) is 23.4 Å². The number of carboxylic acid groups (broad SMARTS) is 1. The third-order valence-corrected chi connectivity index (χ3v) is 3.21. The average molecular weight is 317 g/mol. The van der Waals surface area contributed by atoms with Gasteiger partial charge in [0.05, 0.1) is 24.2 Å². The molecule has 0 bridgehead atoms. The molecule has 7 heteroatoms. The number of ether oxygens (including phenoxy) is 2. The number of benzene rings is 2. The van der Waals surface area contributed by atoms with Crippen molar-refractivity contribution in [2.24, 2.45) is 0 Å². The molecule has 0 amide bonds. The van der Waals surface area contributed by atoms with Gasteiger partial charge in [0.2, 0.25) is 0 Å². The molecule has 0 heterocycles. The minimum Gasteiger partial charge on any atom is -0.497 e. The van der Waals surface area contributed by atoms with Crippen LogP contribution in [0.1, 0.15) is 15.9 Å². The Morgan fingerprint density at radius 2 is 1.91 bits per heavy atom. The van der Waals surface area contributed by atoms with Crippen molar-refractivity contribution in [3.63, 3.8) is 0 Å². The van der Waals surface area contributed by atoms with Gasteiger partial charge in [-0.1, -0.05) is 12.1 Å². The van der Waals surface area contributed by atoms with Crippen LogP contribution in [0.25, 0.3) is 0 Å². The Kier molecular flexibility index (Phi) is 5.14. The average Bonchev–Trinajstić information content (AvgIpc) is 2.55. The lowest BCUT2D eigenvalue weighted by Crippen LogP contribution is -2.05. The summed E-state index contributed by atoms with van der Waals surface area (Å²) in [5.74, 6) is -0.484. The minimum atomic E-state index is -1.17. The van der Waals surface area contributed by atoms with Gasteiger partial charge in [0.1, 0.15) is 5.75 Å². The normalized spacial score (nSPS) is 10.1. The second kappa shape index (κ2) is 7.26. The van der Waals surface area contributed by atoms with E-state index in [-0.39, 0.29) is 23.6 Å². The van der Waals surface area contributed by atoms with Gasteiger partial charge in [-0.05, 0) is 23.8 Å². The van der Waals surface area contributed by atoms with Crippen molar-refractivity contribution < 1.29 is 24.3 Å². The molecule has 2 aromatic carbocycles. The maximum atomic E-state index is 11.0. The van der Waals surface area contributed by atoms with Crippen LogP contribution in [-0.4, -0.2) is 29.7 Å². The lowest BCUT2D eigenvalue weighted by atomic mass is 10.1. The molecule has 120 valence electrons. The molecule has 0 aliphatic rings. The molecule has 1 N–H and O–H groups in total. The SMILES string of the molecule is COc1ccc(CCOc2cc(C(=O)O)ccc2[N+](=O)[O-])cc1. The fourth-order valence-corrected chi connectivity index (χ4v) is 1.98. The molecule has 0 saturated heterocycles. The standard InChI is InChI=1S/C16H15NO6/c1-22-13-5-2-11(3-6-13)8-9-23-15-10-12(16(18)19)4-7-14(15)17(20)21/h2-7,10H,8-9H2,1H3,(H,18,19). The van der Waals surface area contributed by atoms with Crippen molar-refractivity contribution in [1.82, 2.24) is 0 Å². The summed E-state index contributed by atoms with van der Waals surface area (Å²) in [6, 6.07) is 10.8. The Hall–Kier alpha value is -3.09. The summed E-state index contributed by atoms with van der Waals surface area (Å²) in [6.45, 7) is 0.191. The fourth-order valence-electron chi connectivity index (χ4n) is 1.98. The van der Waals surface area contributed by atoms with E-state index < -0.39 is 10.9 Å². The smallest absolute Gasteiger partial charge is 0.335 e. The molecule has 0 aliphatic carbocycles. The van der Waals surface area contributed by atoms with E-state index in [9.17, 15) is 14.9 Å². The largest absolute Gasteiger partial charge is 0.497 e. The van der Waals surface area contributed by atoms with Crippen LogP contribution < -0.4 is 9.47 Å². The monoisotopic (exact) mass is 317 g/mol. The minimum absolute atomic E-state index is 0.0524. The van der Waals surface area contributed by atoms with Gasteiger partial charge < -0.3 is 14.6 Å². The molecule has 7 nitrogen and oxygen atoms in total. The zero-order valence-corrected chi connectivity index (χ0v) is 12.4. The molecule has 0 radical (unpaired) electrons. The van der Waals surface area contributed by atoms with E-state index in [4.69, 9.17) is 14.6 Å². The van der Waals surface area contributed by atoms with Crippen LogP contribution in [0.2, 0.25) is 0 Å². The van der Waals surface area contributed by atoms with E-state index in [1.54, 1.807) is 7.11 Å². The van der Waals surface area contributed by atoms with E-state index in [1.165, 1.54) is 6.07 Å². The first kappa shape index (κ1) is 16.3. The van der Waals surface area contributed by atoms with Crippen LogP contribution in [0, 0.1) is 10.1 Å². The number of aromatic carboxylic acids is 1. The summed E-state index contributed by atoms with van der Waals surface area (Å²) >= 11 is 0. The van der Waals surface area contributed by atoms with Crippen LogP contribution in [0.5, 0.6) is 11.5 Å². The number of methoxy groups -OCH3 is 1. The predicted octanol–water partition coefficient (Wildman–Crippen LogP) is 2.92. The summed E-state index contributed by atoms with van der Waals surface area (Å²) in [7, 11) is 1.58. The molecule has 0 aliphatic heterocycles. The van der Waals surface area contributed by atoms with Crippen molar-refractivity contribution in [2.45, 2.75) is 6.42 Å². The van der Waals surface area contributed by atoms with Crippen molar-refractivity contribution in [2.75, 3.05) is 13.7 Å². The third-order valence-electron chi connectivity index (χ3n) is 3.21. The Bertz CT molecular complexity index is 711. The van der Waals surface area contributed by atoms with E-state index in [2.05, 4.69) is 0 Å². The second-order valence-corrected chi connectivity index (χ2v) is 4.69. The highest BCUT2D eigenvalue weighted by atomic mass is 16.6. The van der Waals surface area contributed by atoms with Crippen molar-refractivity contribution >= 4 is 11.7 Å². The molecule has 23 heavy (non-hydrogen) atoms. The van der Waals surface area contributed by atoms with Gasteiger partial charge in [0.15, 0.2) is 5.75 Å². The lowest BCUT2D eigenvalue weighted by molar-refractivity contribution is -0.385. The Morgan fingerprint density at radius 1 is 1.22 bits per heavy atom.